The van der Waals surface area contributed by atoms with Gasteiger partial charge in [-0.3, -0.25) is 0 Å². The molecule has 0 spiro atoms. The van der Waals surface area contributed by atoms with Crippen LogP contribution in [0.4, 0.5) is 10.2 Å². The topological polar surface area (TPSA) is 67.7 Å². The van der Waals surface area contributed by atoms with Gasteiger partial charge in [-0.25, -0.2) is 19.2 Å². The summed E-state index contributed by atoms with van der Waals surface area (Å²) in [6, 6.07) is 16.0. The lowest BCUT2D eigenvalue weighted by atomic mass is 9.90. The van der Waals surface area contributed by atoms with E-state index in [1.54, 1.807) is 37.9 Å². The van der Waals surface area contributed by atoms with Crippen LogP contribution in [-0.4, -0.2) is 33.8 Å². The van der Waals surface area contributed by atoms with Crippen molar-refractivity contribution in [1.82, 2.24) is 9.97 Å². The van der Waals surface area contributed by atoms with Crippen LogP contribution in [0.2, 0.25) is 5.28 Å². The monoisotopic (exact) mass is 452 g/mol. The van der Waals surface area contributed by atoms with E-state index in [-0.39, 0.29) is 28.4 Å². The van der Waals surface area contributed by atoms with Crippen molar-refractivity contribution in [1.29, 1.82) is 0 Å². The molecule has 8 heteroatoms. The summed E-state index contributed by atoms with van der Waals surface area (Å²) in [5.74, 6) is -0.750. The van der Waals surface area contributed by atoms with E-state index in [9.17, 15) is 9.18 Å². The van der Waals surface area contributed by atoms with Crippen LogP contribution < -0.4 is 5.01 Å². The van der Waals surface area contributed by atoms with Gasteiger partial charge < -0.3 is 4.74 Å². The highest BCUT2D eigenvalue weighted by Gasteiger charge is 2.33. The molecule has 2 aromatic carbocycles. The Labute approximate surface area is 190 Å². The zero-order valence-corrected chi connectivity index (χ0v) is 18.7. The van der Waals surface area contributed by atoms with Gasteiger partial charge in [0.15, 0.2) is 5.82 Å². The maximum absolute atomic E-state index is 13.5. The Kier molecular flexibility index (Phi) is 5.93. The summed E-state index contributed by atoms with van der Waals surface area (Å²) in [6.07, 6.45) is 1.35. The second-order valence-electron chi connectivity index (χ2n) is 8.42. The molecule has 0 N–H and O–H groups in total. The maximum Gasteiger partial charge on any atom is 0.344 e. The van der Waals surface area contributed by atoms with Gasteiger partial charge in [0.25, 0.3) is 0 Å². The Balaban J connectivity index is 1.78. The molecule has 3 aromatic rings. The third kappa shape index (κ3) is 4.78. The standard InChI is InChI=1S/C24H22ClFN4O2/c1-24(2,3)32-22(31)18-13-27-23(25)28-21(18)30-14-19(15-7-5-4-6-8-15)20(29-30)16-9-11-17(26)12-10-16/h4-13,19H,14H2,1-3H3. The number of rotatable bonds is 4. The third-order valence-electron chi connectivity index (χ3n) is 4.86. The molecule has 1 unspecified atom stereocenters. The third-order valence-corrected chi connectivity index (χ3v) is 5.04. The molecule has 0 saturated carbocycles. The van der Waals surface area contributed by atoms with E-state index < -0.39 is 11.6 Å². The van der Waals surface area contributed by atoms with Crippen LogP contribution in [0.1, 0.15) is 48.2 Å². The number of benzene rings is 2. The molecular weight excluding hydrogens is 431 g/mol. The normalized spacial score (nSPS) is 16.1. The number of hydrogen-bond acceptors (Lipinski definition) is 6. The van der Waals surface area contributed by atoms with Gasteiger partial charge in [-0.05, 0) is 55.6 Å². The van der Waals surface area contributed by atoms with Crippen molar-refractivity contribution >= 4 is 29.1 Å². The van der Waals surface area contributed by atoms with Crippen LogP contribution in [0.25, 0.3) is 0 Å². The van der Waals surface area contributed by atoms with Gasteiger partial charge >= 0.3 is 5.97 Å². The Hall–Kier alpha value is -3.32. The number of ether oxygens (including phenoxy) is 1. The highest BCUT2D eigenvalue weighted by atomic mass is 35.5. The molecule has 0 fully saturated rings. The van der Waals surface area contributed by atoms with E-state index in [1.807, 2.05) is 30.3 Å². The zero-order valence-electron chi connectivity index (χ0n) is 17.9. The Morgan fingerprint density at radius 1 is 1.12 bits per heavy atom. The molecule has 1 aliphatic rings. The molecule has 0 aliphatic carbocycles. The zero-order chi connectivity index (χ0) is 22.9. The number of nitrogens with zero attached hydrogens (tertiary/aromatic N) is 4. The molecule has 1 aliphatic heterocycles. The number of hydrazone groups is 1. The highest BCUT2D eigenvalue weighted by Crippen LogP contribution is 2.33. The minimum atomic E-state index is -0.686. The van der Waals surface area contributed by atoms with Crippen LogP contribution in [0.3, 0.4) is 0 Å². The predicted molar refractivity (Wildman–Crippen MR) is 122 cm³/mol. The summed E-state index contributed by atoms with van der Waals surface area (Å²) in [7, 11) is 0. The molecule has 1 atom stereocenters. The number of halogens is 2. The summed E-state index contributed by atoms with van der Waals surface area (Å²) in [5, 5.41) is 6.39. The largest absolute Gasteiger partial charge is 0.456 e. The average molecular weight is 453 g/mol. The molecule has 32 heavy (non-hydrogen) atoms. The van der Waals surface area contributed by atoms with Crippen molar-refractivity contribution in [3.05, 3.63) is 88.6 Å². The molecule has 2 heterocycles. The van der Waals surface area contributed by atoms with E-state index in [4.69, 9.17) is 21.4 Å². The molecule has 4 rings (SSSR count). The second kappa shape index (κ2) is 8.67. The van der Waals surface area contributed by atoms with Gasteiger partial charge in [-0.2, -0.15) is 10.1 Å². The first kappa shape index (κ1) is 21.9. The first-order chi connectivity index (χ1) is 15.2. The summed E-state index contributed by atoms with van der Waals surface area (Å²) in [4.78, 5) is 21.1. The van der Waals surface area contributed by atoms with Crippen molar-refractivity contribution in [3.8, 4) is 0 Å². The Morgan fingerprint density at radius 2 is 1.81 bits per heavy atom. The van der Waals surface area contributed by atoms with Crippen molar-refractivity contribution in [3.63, 3.8) is 0 Å². The Bertz CT molecular complexity index is 1160. The molecule has 1 aromatic heterocycles. The van der Waals surface area contributed by atoms with Crippen LogP contribution in [0.15, 0.2) is 65.9 Å². The minimum Gasteiger partial charge on any atom is -0.456 e. The number of aromatic nitrogens is 2. The van der Waals surface area contributed by atoms with Crippen molar-refractivity contribution in [2.75, 3.05) is 11.6 Å². The summed E-state index contributed by atoms with van der Waals surface area (Å²) in [5.41, 5.74) is 2.04. The SMILES string of the molecule is CC(C)(C)OC(=O)c1cnc(Cl)nc1N1CC(c2ccccc2)C(c2ccc(F)cc2)=N1. The lowest BCUT2D eigenvalue weighted by Gasteiger charge is -2.22. The first-order valence-corrected chi connectivity index (χ1v) is 10.5. The van der Waals surface area contributed by atoms with Crippen molar-refractivity contribution < 1.29 is 13.9 Å². The summed E-state index contributed by atoms with van der Waals surface area (Å²) >= 11 is 6.07. The number of carbonyl (C=O) groups is 1. The first-order valence-electron chi connectivity index (χ1n) is 10.1. The molecule has 0 saturated heterocycles. The van der Waals surface area contributed by atoms with E-state index in [0.717, 1.165) is 16.8 Å². The molecule has 0 amide bonds. The lowest BCUT2D eigenvalue weighted by molar-refractivity contribution is 0.00694. The van der Waals surface area contributed by atoms with E-state index in [1.165, 1.54) is 18.3 Å². The van der Waals surface area contributed by atoms with Crippen molar-refractivity contribution in [2.45, 2.75) is 32.3 Å². The van der Waals surface area contributed by atoms with E-state index in [2.05, 4.69) is 9.97 Å². The van der Waals surface area contributed by atoms with Gasteiger partial charge in [0.2, 0.25) is 5.28 Å². The number of esters is 1. The smallest absolute Gasteiger partial charge is 0.344 e. The molecule has 0 bridgehead atoms. The fraction of sp³-hybridized carbons (Fsp3) is 0.250. The quantitative estimate of drug-likeness (QED) is 0.400. The highest BCUT2D eigenvalue weighted by molar-refractivity contribution is 6.28. The maximum atomic E-state index is 13.5. The van der Waals surface area contributed by atoms with Gasteiger partial charge in [0.05, 0.1) is 12.3 Å². The lowest BCUT2D eigenvalue weighted by Crippen LogP contribution is -2.27. The van der Waals surface area contributed by atoms with Crippen molar-refractivity contribution in [2.24, 2.45) is 5.10 Å². The van der Waals surface area contributed by atoms with Crippen LogP contribution in [0.5, 0.6) is 0 Å². The van der Waals surface area contributed by atoms with Gasteiger partial charge in [0.1, 0.15) is 17.0 Å². The van der Waals surface area contributed by atoms with Gasteiger partial charge in [-0.15, -0.1) is 0 Å². The van der Waals surface area contributed by atoms with Gasteiger partial charge in [0, 0.05) is 12.1 Å². The molecule has 0 radical (unpaired) electrons. The molecular formula is C24H22ClFN4O2. The predicted octanol–water partition coefficient (Wildman–Crippen LogP) is 5.23. The average Bonchev–Trinajstić information content (AvgIpc) is 3.19. The summed E-state index contributed by atoms with van der Waals surface area (Å²) in [6.45, 7) is 5.77. The Morgan fingerprint density at radius 3 is 2.47 bits per heavy atom. The molecule has 6 nitrogen and oxygen atoms in total. The van der Waals surface area contributed by atoms with Crippen LogP contribution in [0, 0.1) is 5.82 Å². The number of carbonyl (C=O) groups excluding carboxylic acids is 1. The van der Waals surface area contributed by atoms with Gasteiger partial charge in [-0.1, -0.05) is 42.5 Å². The fourth-order valence-corrected chi connectivity index (χ4v) is 3.62. The fourth-order valence-electron chi connectivity index (χ4n) is 3.49. The van der Waals surface area contributed by atoms with E-state index >= 15 is 0 Å². The van der Waals surface area contributed by atoms with Crippen LogP contribution >= 0.6 is 11.6 Å². The number of hydrogen-bond donors (Lipinski definition) is 0. The summed E-state index contributed by atoms with van der Waals surface area (Å²) < 4.78 is 19.0. The second-order valence-corrected chi connectivity index (χ2v) is 8.75. The minimum absolute atomic E-state index is 0.00555. The van der Waals surface area contributed by atoms with Crippen LogP contribution in [-0.2, 0) is 4.74 Å². The van der Waals surface area contributed by atoms with E-state index in [0.29, 0.717) is 6.54 Å². The molecule has 164 valence electrons. The number of anilines is 1.